The Hall–Kier alpha value is -0.820. The fraction of sp³-hybridized carbons (Fsp3) is 0.500. The molecule has 2 unspecified atom stereocenters. The minimum absolute atomic E-state index is 0.378. The van der Waals surface area contributed by atoms with Gasteiger partial charge in [0.05, 0.1) is 0 Å². The second-order valence-corrected chi connectivity index (χ2v) is 3.86. The van der Waals surface area contributed by atoms with E-state index in [0.29, 0.717) is 12.5 Å². The Kier molecular flexibility index (Phi) is 2.65. The Morgan fingerprint density at radius 2 is 2.31 bits per heavy atom. The first-order valence-electron chi connectivity index (χ1n) is 4.96. The van der Waals surface area contributed by atoms with E-state index in [1.165, 1.54) is 18.4 Å². The molecule has 0 spiro atoms. The second kappa shape index (κ2) is 3.93. The van der Waals surface area contributed by atoms with Gasteiger partial charge in [0.1, 0.15) is 0 Å². The van der Waals surface area contributed by atoms with E-state index in [9.17, 15) is 0 Å². The van der Waals surface area contributed by atoms with Gasteiger partial charge in [0.15, 0.2) is 0 Å². The Bertz CT molecular complexity index is 255. The van der Waals surface area contributed by atoms with Gasteiger partial charge in [-0.15, -0.1) is 0 Å². The van der Waals surface area contributed by atoms with Crippen LogP contribution in [0.4, 0.5) is 0 Å². The number of hydrogen-bond donors (Lipinski definition) is 1. The highest BCUT2D eigenvalue weighted by atomic mass is 16.3. The van der Waals surface area contributed by atoms with E-state index in [2.05, 4.69) is 18.2 Å². The zero-order valence-electron chi connectivity index (χ0n) is 7.74. The molecule has 1 aliphatic carbocycles. The minimum Gasteiger partial charge on any atom is -0.396 e. The number of benzene rings is 1. The molecule has 0 heterocycles. The lowest BCUT2D eigenvalue weighted by Crippen LogP contribution is -1.91. The maximum absolute atomic E-state index is 8.87. The molecule has 0 aromatic heterocycles. The lowest BCUT2D eigenvalue weighted by Gasteiger charge is -1.98. The quantitative estimate of drug-likeness (QED) is 0.742. The maximum Gasteiger partial charge on any atom is 0.0462 e. The summed E-state index contributed by atoms with van der Waals surface area (Å²) in [6, 6.07) is 11.4. The number of aryl methyl sites for hydroxylation is 1. The third-order valence-corrected chi connectivity index (χ3v) is 2.86. The third kappa shape index (κ3) is 2.31. The van der Waals surface area contributed by atoms with E-state index in [1.54, 1.807) is 0 Å². The van der Waals surface area contributed by atoms with Crippen molar-refractivity contribution in [2.75, 3.05) is 6.61 Å². The summed E-state index contributed by atoms with van der Waals surface area (Å²) in [4.78, 5) is 0. The van der Waals surface area contributed by atoms with Crippen LogP contribution >= 0.6 is 0 Å². The Morgan fingerprint density at radius 1 is 1.38 bits per heavy atom. The maximum atomic E-state index is 8.87. The van der Waals surface area contributed by atoms with Crippen LogP contribution in [-0.2, 0) is 6.42 Å². The minimum atomic E-state index is 0.378. The molecule has 1 aliphatic rings. The zero-order chi connectivity index (χ0) is 9.10. The largest absolute Gasteiger partial charge is 0.396 e. The highest BCUT2D eigenvalue weighted by Gasteiger charge is 2.35. The molecule has 69 valence electrons. The number of aliphatic hydroxyl groups is 1. The molecule has 2 atom stereocenters. The van der Waals surface area contributed by atoms with E-state index in [4.69, 9.17) is 5.11 Å². The molecule has 1 heteroatoms. The normalized spacial score (nSPS) is 25.9. The molecule has 2 rings (SSSR count). The molecule has 1 aromatic rings. The monoisotopic (exact) mass is 175 g/mol. The highest BCUT2D eigenvalue weighted by molar-refractivity contribution is 5.13. The van der Waals surface area contributed by atoms with Crippen molar-refractivity contribution in [2.24, 2.45) is 11.8 Å². The van der Waals surface area contributed by atoms with Crippen LogP contribution in [0.3, 0.4) is 0 Å². The predicted molar refractivity (Wildman–Crippen MR) is 52.3 cm³/mol. The summed E-state index contributed by atoms with van der Waals surface area (Å²) >= 11 is 0. The SMILES string of the molecule is OCC1CC1CCc1[c]cccc1. The molecule has 1 fully saturated rings. The molecule has 1 N–H and O–H groups in total. The van der Waals surface area contributed by atoms with Crippen LogP contribution in [0, 0.1) is 17.9 Å². The van der Waals surface area contributed by atoms with Gasteiger partial charge in [-0.05, 0) is 42.7 Å². The van der Waals surface area contributed by atoms with E-state index in [1.807, 2.05) is 12.1 Å². The van der Waals surface area contributed by atoms with Gasteiger partial charge < -0.3 is 5.11 Å². The molecule has 13 heavy (non-hydrogen) atoms. The van der Waals surface area contributed by atoms with Gasteiger partial charge in [0.2, 0.25) is 0 Å². The summed E-state index contributed by atoms with van der Waals surface area (Å²) in [6.07, 6.45) is 3.55. The molecular formula is C12H15O. The number of aliphatic hydroxyl groups excluding tert-OH is 1. The fourth-order valence-corrected chi connectivity index (χ4v) is 1.81. The van der Waals surface area contributed by atoms with Gasteiger partial charge in [0.25, 0.3) is 0 Å². The predicted octanol–water partition coefficient (Wildman–Crippen LogP) is 2.05. The standard InChI is InChI=1S/C12H15O/c13-9-12-8-11(12)7-6-10-4-2-1-3-5-10/h1-4,11-13H,6-9H2. The zero-order valence-corrected chi connectivity index (χ0v) is 7.74. The van der Waals surface area contributed by atoms with Crippen LogP contribution in [-0.4, -0.2) is 11.7 Å². The van der Waals surface area contributed by atoms with Crippen molar-refractivity contribution in [1.82, 2.24) is 0 Å². The van der Waals surface area contributed by atoms with Crippen LogP contribution < -0.4 is 0 Å². The molecule has 0 amide bonds. The van der Waals surface area contributed by atoms with E-state index in [0.717, 1.165) is 12.3 Å². The van der Waals surface area contributed by atoms with Gasteiger partial charge >= 0.3 is 0 Å². The summed E-state index contributed by atoms with van der Waals surface area (Å²) < 4.78 is 0. The first kappa shape index (κ1) is 8.76. The Morgan fingerprint density at radius 3 is 2.92 bits per heavy atom. The van der Waals surface area contributed by atoms with Crippen molar-refractivity contribution < 1.29 is 5.11 Å². The van der Waals surface area contributed by atoms with Crippen molar-refractivity contribution in [3.8, 4) is 0 Å². The van der Waals surface area contributed by atoms with Gasteiger partial charge in [-0.2, -0.15) is 0 Å². The van der Waals surface area contributed by atoms with Crippen molar-refractivity contribution in [2.45, 2.75) is 19.3 Å². The Balaban J connectivity index is 1.75. The van der Waals surface area contributed by atoms with Gasteiger partial charge in [0, 0.05) is 6.61 Å². The van der Waals surface area contributed by atoms with Crippen LogP contribution in [0.25, 0.3) is 0 Å². The average molecular weight is 175 g/mol. The van der Waals surface area contributed by atoms with E-state index < -0.39 is 0 Å². The molecular weight excluding hydrogens is 160 g/mol. The van der Waals surface area contributed by atoms with Gasteiger partial charge in [-0.25, -0.2) is 0 Å². The first-order valence-corrected chi connectivity index (χ1v) is 4.96. The van der Waals surface area contributed by atoms with Crippen molar-refractivity contribution in [1.29, 1.82) is 0 Å². The molecule has 0 bridgehead atoms. The summed E-state index contributed by atoms with van der Waals surface area (Å²) in [5.74, 6) is 1.38. The van der Waals surface area contributed by atoms with E-state index in [-0.39, 0.29) is 0 Å². The van der Waals surface area contributed by atoms with Crippen LogP contribution in [0.15, 0.2) is 24.3 Å². The van der Waals surface area contributed by atoms with Crippen LogP contribution in [0.1, 0.15) is 18.4 Å². The Labute approximate surface area is 79.4 Å². The van der Waals surface area contributed by atoms with Crippen molar-refractivity contribution >= 4 is 0 Å². The smallest absolute Gasteiger partial charge is 0.0462 e. The summed E-state index contributed by atoms with van der Waals surface area (Å²) in [5.41, 5.74) is 1.30. The highest BCUT2D eigenvalue weighted by Crippen LogP contribution is 2.41. The molecule has 0 saturated heterocycles. The van der Waals surface area contributed by atoms with E-state index >= 15 is 0 Å². The fourth-order valence-electron chi connectivity index (χ4n) is 1.81. The van der Waals surface area contributed by atoms with Gasteiger partial charge in [-0.1, -0.05) is 24.3 Å². The average Bonchev–Trinajstić information content (AvgIpc) is 2.95. The lowest BCUT2D eigenvalue weighted by molar-refractivity contribution is 0.267. The topological polar surface area (TPSA) is 20.2 Å². The summed E-state index contributed by atoms with van der Waals surface area (Å²) in [7, 11) is 0. The number of hydrogen-bond acceptors (Lipinski definition) is 1. The van der Waals surface area contributed by atoms with Gasteiger partial charge in [-0.3, -0.25) is 0 Å². The summed E-state index contributed by atoms with van der Waals surface area (Å²) in [5, 5.41) is 8.87. The molecule has 1 radical (unpaired) electrons. The first-order chi connectivity index (χ1) is 6.40. The number of rotatable bonds is 4. The van der Waals surface area contributed by atoms with Crippen molar-refractivity contribution in [3.05, 3.63) is 35.9 Å². The van der Waals surface area contributed by atoms with Crippen LogP contribution in [0.2, 0.25) is 0 Å². The molecule has 1 nitrogen and oxygen atoms in total. The second-order valence-electron chi connectivity index (χ2n) is 3.86. The molecule has 1 saturated carbocycles. The summed E-state index contributed by atoms with van der Waals surface area (Å²) in [6.45, 7) is 0.378. The van der Waals surface area contributed by atoms with Crippen molar-refractivity contribution in [3.63, 3.8) is 0 Å². The third-order valence-electron chi connectivity index (χ3n) is 2.86. The van der Waals surface area contributed by atoms with Crippen LogP contribution in [0.5, 0.6) is 0 Å². The molecule has 1 aromatic carbocycles. The molecule has 0 aliphatic heterocycles. The lowest BCUT2D eigenvalue weighted by atomic mass is 10.1.